The van der Waals surface area contributed by atoms with Gasteiger partial charge in [0.25, 0.3) is 0 Å². The molecule has 2 rings (SSSR count). The molecule has 100 valence electrons. The van der Waals surface area contributed by atoms with Crippen molar-refractivity contribution in [1.29, 1.82) is 0 Å². The Morgan fingerprint density at radius 2 is 1.89 bits per heavy atom. The molecule has 3 heteroatoms. The highest BCUT2D eigenvalue weighted by Crippen LogP contribution is 2.31. The van der Waals surface area contributed by atoms with Crippen LogP contribution in [0.5, 0.6) is 5.75 Å². The number of ether oxygens (including phenoxy) is 1. The summed E-state index contributed by atoms with van der Waals surface area (Å²) in [5.41, 5.74) is 0.869. The van der Waals surface area contributed by atoms with Gasteiger partial charge in [-0.15, -0.1) is 0 Å². The molecular formula is C15H21BrO2. The van der Waals surface area contributed by atoms with Crippen LogP contribution in [0.1, 0.15) is 57.1 Å². The molecule has 0 heterocycles. The highest BCUT2D eigenvalue weighted by molar-refractivity contribution is 9.10. The zero-order chi connectivity index (χ0) is 13.0. The first-order valence-electron chi connectivity index (χ1n) is 6.81. The summed E-state index contributed by atoms with van der Waals surface area (Å²) in [5.74, 6) is 0.833. The molecule has 1 aliphatic rings. The molecule has 1 atom stereocenters. The molecule has 0 aliphatic heterocycles. The van der Waals surface area contributed by atoms with Gasteiger partial charge in [-0.3, -0.25) is 0 Å². The summed E-state index contributed by atoms with van der Waals surface area (Å²) in [5, 5.41) is 9.81. The van der Waals surface area contributed by atoms with Gasteiger partial charge in [0.15, 0.2) is 0 Å². The lowest BCUT2D eigenvalue weighted by molar-refractivity contribution is 0.161. The van der Waals surface area contributed by atoms with Crippen LogP contribution in [0.15, 0.2) is 22.7 Å². The third-order valence-electron chi connectivity index (χ3n) is 3.52. The lowest BCUT2D eigenvalue weighted by Crippen LogP contribution is -2.16. The number of aliphatic hydroxyl groups is 1. The van der Waals surface area contributed by atoms with E-state index in [1.54, 1.807) is 6.92 Å². The molecule has 1 saturated carbocycles. The Morgan fingerprint density at radius 1 is 1.22 bits per heavy atom. The van der Waals surface area contributed by atoms with Crippen molar-refractivity contribution in [2.45, 2.75) is 57.7 Å². The minimum atomic E-state index is -0.497. The second kappa shape index (κ2) is 6.58. The van der Waals surface area contributed by atoms with E-state index in [0.717, 1.165) is 28.6 Å². The highest BCUT2D eigenvalue weighted by Gasteiger charge is 2.17. The number of hydrogen-bond acceptors (Lipinski definition) is 2. The Morgan fingerprint density at radius 3 is 2.50 bits per heavy atom. The van der Waals surface area contributed by atoms with E-state index in [2.05, 4.69) is 15.9 Å². The van der Waals surface area contributed by atoms with Crippen molar-refractivity contribution in [3.63, 3.8) is 0 Å². The van der Waals surface area contributed by atoms with E-state index in [-0.39, 0.29) is 0 Å². The first-order chi connectivity index (χ1) is 8.66. The number of halogens is 1. The van der Waals surface area contributed by atoms with Crippen molar-refractivity contribution in [2.24, 2.45) is 0 Å². The number of hydrogen-bond donors (Lipinski definition) is 1. The molecule has 1 aromatic rings. The molecule has 1 unspecified atom stereocenters. The maximum Gasteiger partial charge on any atom is 0.125 e. The monoisotopic (exact) mass is 312 g/mol. The molecule has 1 N–H and O–H groups in total. The third kappa shape index (κ3) is 3.72. The Balaban J connectivity index is 2.12. The van der Waals surface area contributed by atoms with E-state index in [1.807, 2.05) is 18.2 Å². The van der Waals surface area contributed by atoms with Gasteiger partial charge in [0.05, 0.1) is 12.2 Å². The molecule has 1 aromatic carbocycles. The summed E-state index contributed by atoms with van der Waals surface area (Å²) in [6.07, 6.45) is 7.24. The smallest absolute Gasteiger partial charge is 0.125 e. The van der Waals surface area contributed by atoms with Crippen molar-refractivity contribution in [3.8, 4) is 5.75 Å². The minimum absolute atomic E-state index is 0.311. The molecule has 18 heavy (non-hydrogen) atoms. The van der Waals surface area contributed by atoms with Gasteiger partial charge in [0.1, 0.15) is 5.75 Å². The Kier molecular flexibility index (Phi) is 5.07. The van der Waals surface area contributed by atoms with Gasteiger partial charge in [-0.1, -0.05) is 28.8 Å². The summed E-state index contributed by atoms with van der Waals surface area (Å²) < 4.78 is 7.08. The first kappa shape index (κ1) is 13.9. The number of benzene rings is 1. The molecule has 0 spiro atoms. The molecule has 0 radical (unpaired) electrons. The van der Waals surface area contributed by atoms with Crippen LogP contribution in [0.4, 0.5) is 0 Å². The second-order valence-electron chi connectivity index (χ2n) is 5.09. The summed E-state index contributed by atoms with van der Waals surface area (Å²) in [4.78, 5) is 0. The van der Waals surface area contributed by atoms with Crippen LogP contribution in [0, 0.1) is 0 Å². The van der Waals surface area contributed by atoms with Gasteiger partial charge in [-0.05, 0) is 50.8 Å². The average molecular weight is 313 g/mol. The van der Waals surface area contributed by atoms with Crippen LogP contribution in [0.2, 0.25) is 0 Å². The van der Waals surface area contributed by atoms with Crippen molar-refractivity contribution in [2.75, 3.05) is 0 Å². The summed E-state index contributed by atoms with van der Waals surface area (Å²) in [6, 6.07) is 5.87. The van der Waals surface area contributed by atoms with Gasteiger partial charge < -0.3 is 9.84 Å². The van der Waals surface area contributed by atoms with Crippen LogP contribution in [0.25, 0.3) is 0 Å². The van der Waals surface area contributed by atoms with E-state index in [1.165, 1.54) is 25.7 Å². The largest absolute Gasteiger partial charge is 0.490 e. The quantitative estimate of drug-likeness (QED) is 0.826. The van der Waals surface area contributed by atoms with Gasteiger partial charge >= 0.3 is 0 Å². The maximum atomic E-state index is 9.81. The van der Waals surface area contributed by atoms with Crippen molar-refractivity contribution in [1.82, 2.24) is 0 Å². The minimum Gasteiger partial charge on any atom is -0.490 e. The molecule has 0 aromatic heterocycles. The van der Waals surface area contributed by atoms with E-state index in [9.17, 15) is 5.11 Å². The molecule has 1 fully saturated rings. The zero-order valence-corrected chi connectivity index (χ0v) is 12.4. The van der Waals surface area contributed by atoms with E-state index >= 15 is 0 Å². The first-order valence-corrected chi connectivity index (χ1v) is 7.60. The Hall–Kier alpha value is -0.540. The fourth-order valence-corrected chi connectivity index (χ4v) is 2.87. The summed E-state index contributed by atoms with van der Waals surface area (Å²) in [6.45, 7) is 1.78. The molecule has 0 bridgehead atoms. The lowest BCUT2D eigenvalue weighted by Gasteiger charge is -2.20. The van der Waals surface area contributed by atoms with Crippen LogP contribution in [-0.4, -0.2) is 11.2 Å². The fraction of sp³-hybridized carbons (Fsp3) is 0.600. The van der Waals surface area contributed by atoms with Crippen molar-refractivity contribution < 1.29 is 9.84 Å². The molecule has 0 saturated heterocycles. The topological polar surface area (TPSA) is 29.5 Å². The van der Waals surface area contributed by atoms with E-state index < -0.39 is 6.10 Å². The SMILES string of the molecule is CC(O)c1cc(Br)ccc1OC1CCCCCC1. The molecule has 2 nitrogen and oxygen atoms in total. The molecule has 0 amide bonds. The van der Waals surface area contributed by atoms with Crippen molar-refractivity contribution >= 4 is 15.9 Å². The number of aliphatic hydroxyl groups excluding tert-OH is 1. The van der Waals surface area contributed by atoms with Gasteiger partial charge in [-0.25, -0.2) is 0 Å². The molecule has 1 aliphatic carbocycles. The maximum absolute atomic E-state index is 9.81. The predicted molar refractivity (Wildman–Crippen MR) is 76.9 cm³/mol. The predicted octanol–water partition coefficient (Wildman–Crippen LogP) is 4.60. The summed E-state index contributed by atoms with van der Waals surface area (Å²) >= 11 is 3.44. The van der Waals surface area contributed by atoms with Gasteiger partial charge in [-0.2, -0.15) is 0 Å². The number of rotatable bonds is 3. The summed E-state index contributed by atoms with van der Waals surface area (Å²) in [7, 11) is 0. The van der Waals surface area contributed by atoms with Crippen LogP contribution in [0.3, 0.4) is 0 Å². The van der Waals surface area contributed by atoms with Gasteiger partial charge in [0.2, 0.25) is 0 Å². The standard InChI is InChI=1S/C15H21BrO2/c1-11(17)14-10-12(16)8-9-15(14)18-13-6-4-2-3-5-7-13/h8-11,13,17H,2-7H2,1H3. The fourth-order valence-electron chi connectivity index (χ4n) is 2.49. The van der Waals surface area contributed by atoms with Crippen LogP contribution >= 0.6 is 15.9 Å². The lowest BCUT2D eigenvalue weighted by atomic mass is 10.1. The normalized spacial score (nSPS) is 19.3. The highest BCUT2D eigenvalue weighted by atomic mass is 79.9. The van der Waals surface area contributed by atoms with E-state index in [0.29, 0.717) is 6.10 Å². The average Bonchev–Trinajstić information content (AvgIpc) is 2.60. The Bertz CT molecular complexity index is 382. The van der Waals surface area contributed by atoms with Crippen LogP contribution < -0.4 is 4.74 Å². The van der Waals surface area contributed by atoms with Gasteiger partial charge in [0, 0.05) is 10.0 Å². The zero-order valence-electron chi connectivity index (χ0n) is 10.9. The van der Waals surface area contributed by atoms with E-state index in [4.69, 9.17) is 4.74 Å². The van der Waals surface area contributed by atoms with Crippen LogP contribution in [-0.2, 0) is 0 Å². The third-order valence-corrected chi connectivity index (χ3v) is 4.01. The Labute approximate surface area is 117 Å². The molecular weight excluding hydrogens is 292 g/mol. The van der Waals surface area contributed by atoms with Crippen molar-refractivity contribution in [3.05, 3.63) is 28.2 Å². The second-order valence-corrected chi connectivity index (χ2v) is 6.01.